The third-order valence-electron chi connectivity index (χ3n) is 5.88. The Kier molecular flexibility index (Phi) is 6.01. The fourth-order valence-corrected chi connectivity index (χ4v) is 5.23. The molecule has 6 heteroatoms. The monoisotopic (exact) mass is 410 g/mol. The van der Waals surface area contributed by atoms with Crippen LogP contribution in [-0.2, 0) is 11.2 Å². The summed E-state index contributed by atoms with van der Waals surface area (Å²) in [5.74, 6) is 0.256. The third-order valence-corrected chi connectivity index (χ3v) is 6.76. The fourth-order valence-electron chi connectivity index (χ4n) is 4.50. The maximum atomic E-state index is 12.5. The predicted molar refractivity (Wildman–Crippen MR) is 121 cm³/mol. The second-order valence-electron chi connectivity index (χ2n) is 8.30. The number of aryl methyl sites for hydroxylation is 1. The lowest BCUT2D eigenvalue weighted by Crippen LogP contribution is -2.20. The van der Waals surface area contributed by atoms with Crippen LogP contribution in [0.25, 0.3) is 6.08 Å². The molecule has 29 heavy (non-hydrogen) atoms. The summed E-state index contributed by atoms with van der Waals surface area (Å²) < 4.78 is 0. The number of hydrazone groups is 1. The quantitative estimate of drug-likeness (QED) is 0.662. The van der Waals surface area contributed by atoms with Crippen molar-refractivity contribution in [3.8, 4) is 0 Å². The van der Waals surface area contributed by atoms with Crippen LogP contribution >= 0.6 is 11.3 Å². The van der Waals surface area contributed by atoms with E-state index in [0.29, 0.717) is 11.5 Å². The van der Waals surface area contributed by atoms with Crippen molar-refractivity contribution in [2.24, 2.45) is 5.10 Å². The van der Waals surface area contributed by atoms with Crippen LogP contribution < -0.4 is 5.43 Å². The van der Waals surface area contributed by atoms with Gasteiger partial charge in [0.15, 0.2) is 0 Å². The van der Waals surface area contributed by atoms with Crippen LogP contribution in [0.15, 0.2) is 28.2 Å². The van der Waals surface area contributed by atoms with Crippen molar-refractivity contribution < 1.29 is 4.79 Å². The first kappa shape index (κ1) is 20.1. The molecule has 0 unspecified atom stereocenters. The number of likely N-dealkylation sites (tertiary alicyclic amines) is 1. The highest BCUT2D eigenvalue weighted by atomic mass is 32.1. The van der Waals surface area contributed by atoms with E-state index in [-0.39, 0.29) is 5.91 Å². The number of rotatable bonds is 7. The second kappa shape index (κ2) is 8.67. The number of hydrogen-bond acceptors (Lipinski definition) is 4. The van der Waals surface area contributed by atoms with E-state index in [0.717, 1.165) is 22.7 Å². The molecule has 0 aliphatic carbocycles. The Labute approximate surface area is 176 Å². The lowest BCUT2D eigenvalue weighted by molar-refractivity contribution is -0.116. The average molecular weight is 411 g/mol. The fraction of sp³-hybridized carbons (Fsp3) is 0.478. The summed E-state index contributed by atoms with van der Waals surface area (Å²) in [6.45, 7) is 10.3. The summed E-state index contributed by atoms with van der Waals surface area (Å²) >= 11 is 1.60. The van der Waals surface area contributed by atoms with Gasteiger partial charge in [-0.2, -0.15) is 5.10 Å². The van der Waals surface area contributed by atoms with Crippen molar-refractivity contribution in [2.45, 2.75) is 52.4 Å². The van der Waals surface area contributed by atoms with Gasteiger partial charge in [-0.15, -0.1) is 11.3 Å². The number of aromatic nitrogens is 1. The molecule has 2 aliphatic rings. The average Bonchev–Trinajstić information content (AvgIpc) is 3.45. The van der Waals surface area contributed by atoms with E-state index in [9.17, 15) is 4.79 Å². The predicted octanol–water partition coefficient (Wildman–Crippen LogP) is 4.45. The summed E-state index contributed by atoms with van der Waals surface area (Å²) in [6.07, 6.45) is 6.93. The molecular formula is C23H30N4OS. The van der Waals surface area contributed by atoms with Crippen molar-refractivity contribution >= 4 is 29.0 Å². The van der Waals surface area contributed by atoms with Crippen molar-refractivity contribution in [3.63, 3.8) is 0 Å². The van der Waals surface area contributed by atoms with Gasteiger partial charge in [0.05, 0.1) is 10.5 Å². The van der Waals surface area contributed by atoms with Crippen molar-refractivity contribution in [1.82, 2.24) is 15.3 Å². The van der Waals surface area contributed by atoms with Gasteiger partial charge in [0, 0.05) is 11.4 Å². The summed E-state index contributed by atoms with van der Waals surface area (Å²) in [5.41, 5.74) is 9.02. The third kappa shape index (κ3) is 4.23. The lowest BCUT2D eigenvalue weighted by atomic mass is 9.93. The van der Waals surface area contributed by atoms with Crippen LogP contribution in [0.3, 0.4) is 0 Å². The van der Waals surface area contributed by atoms with E-state index in [2.05, 4.69) is 41.2 Å². The first-order valence-corrected chi connectivity index (χ1v) is 11.5. The Hall–Kier alpha value is -2.18. The zero-order valence-electron chi connectivity index (χ0n) is 17.5. The van der Waals surface area contributed by atoms with Gasteiger partial charge in [0.25, 0.3) is 5.91 Å². The van der Waals surface area contributed by atoms with Crippen LogP contribution in [0.4, 0.5) is 0 Å². The Bertz CT molecular complexity index is 930. The SMILES string of the molecule is Cc1[nH]c(/C=C2/C(=O)NN=C2c2cccs2)c(C(C)C)c1CCCN1CCCC1. The molecule has 154 valence electrons. The molecule has 0 radical (unpaired) electrons. The number of aromatic amines is 1. The van der Waals surface area contributed by atoms with E-state index < -0.39 is 0 Å². The van der Waals surface area contributed by atoms with Crippen LogP contribution in [-0.4, -0.2) is 41.1 Å². The first-order chi connectivity index (χ1) is 14.0. The minimum atomic E-state index is -0.133. The summed E-state index contributed by atoms with van der Waals surface area (Å²) in [5, 5.41) is 6.28. The van der Waals surface area contributed by atoms with Gasteiger partial charge in [0.2, 0.25) is 0 Å². The molecule has 2 aliphatic heterocycles. The van der Waals surface area contributed by atoms with Crippen LogP contribution in [0.5, 0.6) is 0 Å². The number of carbonyl (C=O) groups excluding carboxylic acids is 1. The van der Waals surface area contributed by atoms with Crippen molar-refractivity contribution in [2.75, 3.05) is 19.6 Å². The maximum Gasteiger partial charge on any atom is 0.273 e. The Morgan fingerprint density at radius 2 is 2.10 bits per heavy atom. The highest BCUT2D eigenvalue weighted by molar-refractivity contribution is 7.12. The zero-order valence-corrected chi connectivity index (χ0v) is 18.4. The highest BCUT2D eigenvalue weighted by Crippen LogP contribution is 2.31. The van der Waals surface area contributed by atoms with Crippen LogP contribution in [0.2, 0.25) is 0 Å². The summed E-state index contributed by atoms with van der Waals surface area (Å²) in [7, 11) is 0. The minimum absolute atomic E-state index is 0.133. The van der Waals surface area contributed by atoms with Gasteiger partial charge in [-0.1, -0.05) is 19.9 Å². The molecule has 0 atom stereocenters. The molecule has 2 aromatic rings. The first-order valence-electron chi connectivity index (χ1n) is 10.6. The molecular weight excluding hydrogens is 380 g/mol. The van der Waals surface area contributed by atoms with Crippen LogP contribution in [0.1, 0.15) is 66.4 Å². The Balaban J connectivity index is 1.60. The van der Waals surface area contributed by atoms with E-state index >= 15 is 0 Å². The number of amides is 1. The van der Waals surface area contributed by atoms with E-state index in [1.54, 1.807) is 11.3 Å². The molecule has 0 spiro atoms. The number of carbonyl (C=O) groups is 1. The van der Waals surface area contributed by atoms with Gasteiger partial charge in [0.1, 0.15) is 5.71 Å². The molecule has 1 amide bonds. The van der Waals surface area contributed by atoms with E-state index in [1.165, 1.54) is 55.7 Å². The number of H-pyrrole nitrogens is 1. The molecule has 2 N–H and O–H groups in total. The van der Waals surface area contributed by atoms with Crippen molar-refractivity contribution in [3.05, 3.63) is 50.5 Å². The zero-order chi connectivity index (χ0) is 20.4. The smallest absolute Gasteiger partial charge is 0.273 e. The van der Waals surface area contributed by atoms with Crippen LogP contribution in [0, 0.1) is 6.92 Å². The van der Waals surface area contributed by atoms with Gasteiger partial charge < -0.3 is 9.88 Å². The van der Waals surface area contributed by atoms with E-state index in [4.69, 9.17) is 0 Å². The normalized spacial score (nSPS) is 18.8. The molecule has 5 nitrogen and oxygen atoms in total. The van der Waals surface area contributed by atoms with Gasteiger partial charge in [-0.3, -0.25) is 4.79 Å². The highest BCUT2D eigenvalue weighted by Gasteiger charge is 2.26. The van der Waals surface area contributed by atoms with Gasteiger partial charge >= 0.3 is 0 Å². The molecule has 0 bridgehead atoms. The summed E-state index contributed by atoms with van der Waals surface area (Å²) in [4.78, 5) is 19.6. The summed E-state index contributed by atoms with van der Waals surface area (Å²) in [6, 6.07) is 3.99. The molecule has 4 rings (SSSR count). The molecule has 1 fully saturated rings. The second-order valence-corrected chi connectivity index (χ2v) is 9.25. The molecule has 2 aromatic heterocycles. The number of thiophene rings is 1. The Morgan fingerprint density at radius 3 is 2.79 bits per heavy atom. The van der Waals surface area contributed by atoms with Gasteiger partial charge in [-0.25, -0.2) is 5.43 Å². The topological polar surface area (TPSA) is 60.5 Å². The molecule has 1 saturated heterocycles. The minimum Gasteiger partial charge on any atom is -0.359 e. The maximum absolute atomic E-state index is 12.5. The Morgan fingerprint density at radius 1 is 1.31 bits per heavy atom. The standard InChI is InChI=1S/C23H30N4OS/c1-15(2)21-17(8-6-12-27-10-4-5-11-27)16(3)24-19(21)14-18-22(25-26-23(18)28)20-9-7-13-29-20/h7,9,13-15,24H,4-6,8,10-12H2,1-3H3,(H,26,28)/b18-14+. The van der Waals surface area contributed by atoms with Crippen molar-refractivity contribution in [1.29, 1.82) is 0 Å². The molecule has 4 heterocycles. The number of nitrogens with one attached hydrogen (secondary N) is 2. The molecule has 0 saturated carbocycles. The largest absolute Gasteiger partial charge is 0.359 e. The number of nitrogens with zero attached hydrogens (tertiary/aromatic N) is 2. The lowest BCUT2D eigenvalue weighted by Gasteiger charge is -2.15. The number of hydrogen-bond donors (Lipinski definition) is 2. The van der Waals surface area contributed by atoms with Gasteiger partial charge in [-0.05, 0) is 86.8 Å². The molecule has 0 aromatic carbocycles. The van der Waals surface area contributed by atoms with E-state index in [1.807, 2.05) is 23.6 Å².